The van der Waals surface area contributed by atoms with E-state index >= 15 is 0 Å². The summed E-state index contributed by atoms with van der Waals surface area (Å²) in [6.07, 6.45) is 10.2. The molecule has 5 aromatic rings. The first-order chi connectivity index (χ1) is 27.2. The molecule has 0 aromatic heterocycles. The summed E-state index contributed by atoms with van der Waals surface area (Å²) < 4.78 is 0. The summed E-state index contributed by atoms with van der Waals surface area (Å²) in [5.74, 6) is 0. The van der Waals surface area contributed by atoms with Crippen molar-refractivity contribution in [1.29, 1.82) is 0 Å². The molecule has 0 bridgehead atoms. The van der Waals surface area contributed by atoms with Gasteiger partial charge in [-0.15, -0.1) is 0 Å². The molecule has 57 heavy (non-hydrogen) atoms. The number of nitrogens with zero attached hydrogens (tertiary/aromatic N) is 1. The lowest BCUT2D eigenvalue weighted by Gasteiger charge is -2.44. The number of anilines is 3. The molecule has 11 rings (SSSR count). The zero-order valence-electron chi connectivity index (χ0n) is 35.3. The van der Waals surface area contributed by atoms with Gasteiger partial charge in [0.25, 0.3) is 0 Å². The Kier molecular flexibility index (Phi) is 7.13. The van der Waals surface area contributed by atoms with Crippen molar-refractivity contribution < 1.29 is 0 Å². The highest BCUT2D eigenvalue weighted by molar-refractivity contribution is 6.68. The topological polar surface area (TPSA) is 15.3 Å². The fraction of sp³-hybridized carbons (Fsp3) is 0.333. The molecule has 2 nitrogen and oxygen atoms in total. The highest BCUT2D eigenvalue weighted by Gasteiger charge is 2.45. The molecule has 6 aliphatic rings. The molecule has 1 N–H and O–H groups in total. The minimum atomic E-state index is -0.193. The molecule has 283 valence electrons. The van der Waals surface area contributed by atoms with Crippen LogP contribution in [-0.4, -0.2) is 7.28 Å². The summed E-state index contributed by atoms with van der Waals surface area (Å²) in [7, 11) is 2.59. The van der Waals surface area contributed by atoms with Gasteiger partial charge in [0, 0.05) is 44.7 Å². The highest BCUT2D eigenvalue weighted by Crippen LogP contribution is 2.58. The van der Waals surface area contributed by atoms with Crippen LogP contribution in [0.25, 0.3) is 28.0 Å². The number of aryl methyl sites for hydroxylation is 1. The van der Waals surface area contributed by atoms with Crippen molar-refractivity contribution in [3.63, 3.8) is 0 Å². The van der Waals surface area contributed by atoms with Gasteiger partial charge in [-0.1, -0.05) is 145 Å². The molecule has 3 heteroatoms. The number of allylic oxidation sites excluding steroid dienone is 4. The Bertz CT molecular complexity index is 2730. The maximum absolute atomic E-state index is 4.08. The smallest absolute Gasteiger partial charge is 0.192 e. The predicted octanol–water partition coefficient (Wildman–Crippen LogP) is 13.0. The van der Waals surface area contributed by atoms with E-state index in [-0.39, 0.29) is 21.7 Å². The van der Waals surface area contributed by atoms with Gasteiger partial charge in [0.05, 0.1) is 5.69 Å². The first-order valence-corrected chi connectivity index (χ1v) is 21.4. The van der Waals surface area contributed by atoms with Gasteiger partial charge in [0.15, 0.2) is 7.28 Å². The Morgan fingerprint density at radius 1 is 0.649 bits per heavy atom. The summed E-state index contributed by atoms with van der Waals surface area (Å²) in [5, 5.41) is 4.08. The maximum Gasteiger partial charge on any atom is 0.192 e. The van der Waals surface area contributed by atoms with E-state index in [0.717, 1.165) is 19.3 Å². The Morgan fingerprint density at radius 3 is 2.12 bits per heavy atom. The Labute approximate surface area is 341 Å². The van der Waals surface area contributed by atoms with Crippen LogP contribution < -0.4 is 15.7 Å². The van der Waals surface area contributed by atoms with Gasteiger partial charge in [-0.05, 0) is 129 Å². The number of nitrogens with one attached hydrogen (secondary N) is 1. The van der Waals surface area contributed by atoms with Crippen molar-refractivity contribution in [3.05, 3.63) is 158 Å². The minimum Gasteiger partial charge on any atom is -0.355 e. The van der Waals surface area contributed by atoms with Crippen molar-refractivity contribution in [3.8, 4) is 22.3 Å². The van der Waals surface area contributed by atoms with Gasteiger partial charge in [-0.25, -0.2) is 0 Å². The van der Waals surface area contributed by atoms with Gasteiger partial charge >= 0.3 is 0 Å². The summed E-state index contributed by atoms with van der Waals surface area (Å²) in [6, 6.07) is 33.2. The van der Waals surface area contributed by atoms with Crippen LogP contribution in [0.15, 0.2) is 114 Å². The second-order valence-corrected chi connectivity index (χ2v) is 20.2. The van der Waals surface area contributed by atoms with Crippen LogP contribution in [0.4, 0.5) is 17.1 Å². The third kappa shape index (κ3) is 4.72. The molecule has 0 atom stereocenters. The Balaban J connectivity index is 1.25. The van der Waals surface area contributed by atoms with E-state index in [2.05, 4.69) is 177 Å². The van der Waals surface area contributed by atoms with E-state index in [1.165, 1.54) is 125 Å². The Hall–Kier alpha value is -5.02. The number of hydrogen-bond acceptors (Lipinski definition) is 2. The fourth-order valence-electron chi connectivity index (χ4n) is 11.9. The molecular formula is C54H54BN2. The molecular weight excluding hydrogens is 687 g/mol. The molecule has 2 aliphatic heterocycles. The van der Waals surface area contributed by atoms with Crippen LogP contribution in [0.1, 0.15) is 126 Å². The molecule has 1 radical (unpaired) electrons. The van der Waals surface area contributed by atoms with Gasteiger partial charge in [-0.3, -0.25) is 0 Å². The first kappa shape index (κ1) is 35.2. The van der Waals surface area contributed by atoms with Crippen molar-refractivity contribution >= 4 is 35.5 Å². The lowest BCUT2D eigenvalue weighted by molar-refractivity contribution is 0.332. The fourth-order valence-corrected chi connectivity index (χ4v) is 11.9. The van der Waals surface area contributed by atoms with E-state index < -0.39 is 0 Å². The van der Waals surface area contributed by atoms with Crippen LogP contribution in [0.2, 0.25) is 0 Å². The molecule has 4 aliphatic carbocycles. The van der Waals surface area contributed by atoms with Crippen LogP contribution in [0, 0.1) is 6.92 Å². The molecule has 0 spiro atoms. The number of para-hydroxylation sites is 1. The van der Waals surface area contributed by atoms with Crippen LogP contribution in [0.3, 0.4) is 0 Å². The van der Waals surface area contributed by atoms with E-state index in [1.807, 2.05) is 0 Å². The summed E-state index contributed by atoms with van der Waals surface area (Å²) in [5.41, 5.74) is 27.5. The summed E-state index contributed by atoms with van der Waals surface area (Å²) in [4.78, 5) is 2.71. The summed E-state index contributed by atoms with van der Waals surface area (Å²) >= 11 is 0. The second-order valence-electron chi connectivity index (χ2n) is 20.2. The van der Waals surface area contributed by atoms with Crippen LogP contribution in [0.5, 0.6) is 0 Å². The number of benzene rings is 5. The molecule has 0 saturated carbocycles. The third-order valence-electron chi connectivity index (χ3n) is 15.2. The Morgan fingerprint density at radius 2 is 1.33 bits per heavy atom. The molecule has 0 fully saturated rings. The molecule has 0 amide bonds. The molecule has 5 aromatic carbocycles. The SMILES string of the molecule is Cc1cc2c(cc1N1C3=C([B]c4c1cc1c(c4-c4cccc5c4NC4=C(CCC=C4)C5(C)C)C(C)(C)c4ccccc4-1)Cc1ccccc13)C(C)(C)CCC2(C)C. The largest absolute Gasteiger partial charge is 0.355 e. The van der Waals surface area contributed by atoms with E-state index in [1.54, 1.807) is 0 Å². The van der Waals surface area contributed by atoms with E-state index in [9.17, 15) is 0 Å². The third-order valence-corrected chi connectivity index (χ3v) is 15.2. The van der Waals surface area contributed by atoms with Gasteiger partial charge in [0.1, 0.15) is 0 Å². The number of rotatable bonds is 2. The van der Waals surface area contributed by atoms with Crippen molar-refractivity contribution in [2.45, 2.75) is 116 Å². The van der Waals surface area contributed by atoms with Gasteiger partial charge < -0.3 is 10.2 Å². The predicted molar refractivity (Wildman–Crippen MR) is 243 cm³/mol. The average Bonchev–Trinajstić information content (AvgIpc) is 3.66. The summed E-state index contributed by atoms with van der Waals surface area (Å²) in [6.45, 7) is 22.0. The maximum atomic E-state index is 4.08. The zero-order valence-corrected chi connectivity index (χ0v) is 35.3. The van der Waals surface area contributed by atoms with E-state index in [0.29, 0.717) is 0 Å². The highest BCUT2D eigenvalue weighted by atomic mass is 15.2. The zero-order chi connectivity index (χ0) is 39.4. The molecule has 2 heterocycles. The monoisotopic (exact) mass is 741 g/mol. The number of hydrogen-bond donors (Lipinski definition) is 1. The lowest BCUT2D eigenvalue weighted by atomic mass is 9.55. The van der Waals surface area contributed by atoms with Gasteiger partial charge in [-0.2, -0.15) is 0 Å². The minimum absolute atomic E-state index is 0.0768. The van der Waals surface area contributed by atoms with Crippen molar-refractivity contribution in [1.82, 2.24) is 0 Å². The van der Waals surface area contributed by atoms with Gasteiger partial charge in [0.2, 0.25) is 0 Å². The van der Waals surface area contributed by atoms with Crippen LogP contribution >= 0.6 is 0 Å². The van der Waals surface area contributed by atoms with Crippen LogP contribution in [-0.2, 0) is 28.1 Å². The quantitative estimate of drug-likeness (QED) is 0.181. The second kappa shape index (κ2) is 11.6. The normalized spacial score (nSPS) is 20.6. The molecule has 0 unspecified atom stereocenters. The van der Waals surface area contributed by atoms with Crippen molar-refractivity contribution in [2.24, 2.45) is 0 Å². The first-order valence-electron chi connectivity index (χ1n) is 21.4. The standard InChI is InChI=1S/C54H54BN2/c1-31-27-40-41(52(4,5)26-25-51(40,2)3)30-44(31)57-45-29-36-34-19-12-13-21-37(34)54(8,9)47(36)46(48(45)55-42-28-32-17-10-11-18-33(32)50(42)57)35-20-16-23-39-49(35)56-43-24-15-14-22-38(43)53(39,6)7/h10-13,15-21,23-24,27,29-30,56H,14,22,25-26,28H2,1-9H3. The number of fused-ring (bicyclic) bond motifs is 8. The lowest BCUT2D eigenvalue weighted by Crippen LogP contribution is -2.38. The van der Waals surface area contributed by atoms with Crippen molar-refractivity contribution in [2.75, 3.05) is 10.2 Å². The van der Waals surface area contributed by atoms with E-state index in [4.69, 9.17) is 0 Å². The average molecular weight is 742 g/mol. The molecule has 0 saturated heterocycles.